The minimum absolute atomic E-state index is 0.138. The fourth-order valence-corrected chi connectivity index (χ4v) is 0.366. The van der Waals surface area contributed by atoms with E-state index in [4.69, 9.17) is 5.64 Å². The molecule has 0 amide bonds. The molecule has 0 bridgehead atoms. The highest BCUT2D eigenvalue weighted by atomic mass is 15.1. The van der Waals surface area contributed by atoms with Crippen LogP contribution >= 0.6 is 0 Å². The lowest BCUT2D eigenvalue weighted by Gasteiger charge is -2.15. The normalized spacial score (nSPS) is 20.4. The van der Waals surface area contributed by atoms with E-state index in [9.17, 15) is 0 Å². The molecular formula is H5B3N4. The third-order valence-electron chi connectivity index (χ3n) is 0.692. The number of nitrogens with one attached hydrogen (secondary N) is 3. The van der Waals surface area contributed by atoms with Crippen LogP contribution in [0.3, 0.4) is 0 Å². The average molecular weight is 93.5 g/mol. The van der Waals surface area contributed by atoms with Crippen LogP contribution in [0, 0.1) is 0 Å². The van der Waals surface area contributed by atoms with E-state index in [1.807, 2.05) is 0 Å². The first-order valence-corrected chi connectivity index (χ1v) is 2.07. The monoisotopic (exact) mass is 94.1 g/mol. The van der Waals surface area contributed by atoms with Crippen LogP contribution in [-0.2, 0) is 0 Å². The molecule has 7 heteroatoms. The van der Waals surface area contributed by atoms with Crippen LogP contribution in [0.1, 0.15) is 0 Å². The number of rotatable bonds is 0. The molecule has 1 aliphatic heterocycles. The molecular weight excluding hydrogens is 88.5 g/mol. The van der Waals surface area contributed by atoms with Crippen LogP contribution in [-0.4, -0.2) is 22.2 Å². The zero-order valence-electron chi connectivity index (χ0n) is 3.81. The van der Waals surface area contributed by atoms with Gasteiger partial charge in [0.1, 0.15) is 0 Å². The van der Waals surface area contributed by atoms with Gasteiger partial charge in [-0.25, -0.2) is 0 Å². The zero-order chi connectivity index (χ0) is 5.11. The van der Waals surface area contributed by atoms with Crippen molar-refractivity contribution in [1.29, 1.82) is 0 Å². The maximum atomic E-state index is 5.31. The molecule has 0 aliphatic carbocycles. The van der Waals surface area contributed by atoms with Gasteiger partial charge >= 0.3 is 7.12 Å². The molecule has 1 rings (SSSR count). The molecule has 0 atom stereocenters. The van der Waals surface area contributed by atoms with Gasteiger partial charge < -0.3 is 21.1 Å². The summed E-state index contributed by atoms with van der Waals surface area (Å²) in [6, 6.07) is 0. The molecule has 0 aromatic carbocycles. The van der Waals surface area contributed by atoms with Crippen molar-refractivity contribution in [1.82, 2.24) is 15.4 Å². The van der Waals surface area contributed by atoms with E-state index in [1.54, 1.807) is 15.1 Å². The largest absolute Gasteiger partial charge is 0.379 e. The van der Waals surface area contributed by atoms with Crippen LogP contribution in [0.5, 0.6) is 0 Å². The molecule has 1 fully saturated rings. The molecule has 0 spiro atoms. The Balaban J connectivity index is 2.12. The van der Waals surface area contributed by atoms with Gasteiger partial charge in [0.05, 0.1) is 0 Å². The summed E-state index contributed by atoms with van der Waals surface area (Å²) in [4.78, 5) is 0. The summed E-state index contributed by atoms with van der Waals surface area (Å²) in [5, 5.41) is 8.33. The highest BCUT2D eigenvalue weighted by molar-refractivity contribution is 6.73. The van der Waals surface area contributed by atoms with Crippen LogP contribution in [0.15, 0.2) is 0 Å². The van der Waals surface area contributed by atoms with E-state index < -0.39 is 0 Å². The minimum Gasteiger partial charge on any atom is -0.379 e. The summed E-state index contributed by atoms with van der Waals surface area (Å²) in [5.41, 5.74) is 5.31. The Kier molecular flexibility index (Phi) is 1.75. The average Bonchev–Trinajstić information content (AvgIpc) is 1.69. The topological polar surface area (TPSA) is 62.1 Å². The molecule has 2 radical (unpaired) electrons. The fourth-order valence-electron chi connectivity index (χ4n) is 0.366. The minimum atomic E-state index is -0.138. The summed E-state index contributed by atoms with van der Waals surface area (Å²) in [6.45, 7) is 0. The van der Waals surface area contributed by atoms with Gasteiger partial charge in [0.15, 0.2) is 0 Å². The van der Waals surface area contributed by atoms with Crippen molar-refractivity contribution >= 4 is 22.2 Å². The second kappa shape index (κ2) is 2.37. The van der Waals surface area contributed by atoms with Gasteiger partial charge in [0.25, 0.3) is 15.1 Å². The standard InChI is InChI=1S/B3H5N4/c4-3-6-1-5-2-7-3/h5-7H,4H2. The molecule has 0 aromatic heterocycles. The van der Waals surface area contributed by atoms with Crippen molar-refractivity contribution in [3.8, 4) is 0 Å². The van der Waals surface area contributed by atoms with Gasteiger partial charge in [-0.1, -0.05) is 0 Å². The molecule has 5 N–H and O–H groups in total. The summed E-state index contributed by atoms with van der Waals surface area (Å²) in [5.74, 6) is 0. The Morgan fingerprint density at radius 2 is 1.86 bits per heavy atom. The summed E-state index contributed by atoms with van der Waals surface area (Å²) >= 11 is 0. The van der Waals surface area contributed by atoms with Gasteiger partial charge in [0, 0.05) is 0 Å². The van der Waals surface area contributed by atoms with Crippen molar-refractivity contribution in [3.63, 3.8) is 0 Å². The van der Waals surface area contributed by atoms with E-state index in [0.29, 0.717) is 0 Å². The lowest BCUT2D eigenvalue weighted by atomic mass is 9.77. The molecule has 7 heavy (non-hydrogen) atoms. The van der Waals surface area contributed by atoms with Crippen molar-refractivity contribution in [3.05, 3.63) is 0 Å². The van der Waals surface area contributed by atoms with E-state index in [2.05, 4.69) is 15.4 Å². The van der Waals surface area contributed by atoms with Gasteiger partial charge in [-0.3, -0.25) is 0 Å². The second-order valence-electron chi connectivity index (χ2n) is 1.27. The van der Waals surface area contributed by atoms with Crippen molar-refractivity contribution < 1.29 is 0 Å². The van der Waals surface area contributed by atoms with Gasteiger partial charge in [-0.2, -0.15) is 0 Å². The Bertz CT molecular complexity index is 48.9. The van der Waals surface area contributed by atoms with E-state index in [1.165, 1.54) is 0 Å². The third kappa shape index (κ3) is 1.52. The lowest BCUT2D eigenvalue weighted by molar-refractivity contribution is 1.21. The molecule has 0 saturated carbocycles. The van der Waals surface area contributed by atoms with Crippen molar-refractivity contribution in [2.24, 2.45) is 5.64 Å². The van der Waals surface area contributed by atoms with Gasteiger partial charge in [-0.15, -0.1) is 0 Å². The van der Waals surface area contributed by atoms with Crippen LogP contribution in [0.4, 0.5) is 0 Å². The predicted molar refractivity (Wildman–Crippen MR) is 30.9 cm³/mol. The molecule has 0 unspecified atom stereocenters. The third-order valence-corrected chi connectivity index (χ3v) is 0.692. The molecule has 4 nitrogen and oxygen atoms in total. The lowest BCUT2D eigenvalue weighted by Crippen LogP contribution is -2.67. The SMILES string of the molecule is NB1N[B]N[B]N1. The summed E-state index contributed by atoms with van der Waals surface area (Å²) in [7, 11) is 3.20. The Hall–Kier alpha value is 0.0348. The quantitative estimate of drug-likeness (QED) is 0.238. The van der Waals surface area contributed by atoms with Crippen molar-refractivity contribution in [2.75, 3.05) is 0 Å². The van der Waals surface area contributed by atoms with Crippen molar-refractivity contribution in [2.45, 2.75) is 0 Å². The summed E-state index contributed by atoms with van der Waals surface area (Å²) in [6.07, 6.45) is 0. The first kappa shape index (κ1) is 5.18. The first-order valence-electron chi connectivity index (χ1n) is 2.07. The highest BCUT2D eigenvalue weighted by Crippen LogP contribution is 1.55. The molecule has 1 saturated heterocycles. The Morgan fingerprint density at radius 3 is 2.14 bits per heavy atom. The smallest absolute Gasteiger partial charge is 0.370 e. The molecule has 1 aliphatic rings. The van der Waals surface area contributed by atoms with Gasteiger partial charge in [0.2, 0.25) is 0 Å². The number of hydrogen-bond acceptors (Lipinski definition) is 4. The van der Waals surface area contributed by atoms with Gasteiger partial charge in [-0.05, 0) is 0 Å². The second-order valence-corrected chi connectivity index (χ2v) is 1.27. The Labute approximate surface area is 44.3 Å². The molecule has 0 aromatic rings. The van der Waals surface area contributed by atoms with E-state index >= 15 is 0 Å². The maximum Gasteiger partial charge on any atom is 0.370 e. The van der Waals surface area contributed by atoms with E-state index in [-0.39, 0.29) is 7.12 Å². The predicted octanol–water partition coefficient (Wildman–Crippen LogP) is -3.22. The van der Waals surface area contributed by atoms with Crippen LogP contribution in [0.2, 0.25) is 0 Å². The van der Waals surface area contributed by atoms with E-state index in [0.717, 1.165) is 0 Å². The molecule has 34 valence electrons. The number of nitrogens with two attached hydrogens (primary N) is 1. The fraction of sp³-hybridized carbons (Fsp3) is 0. The Morgan fingerprint density at radius 1 is 1.29 bits per heavy atom. The highest BCUT2D eigenvalue weighted by Gasteiger charge is 2.12. The maximum absolute atomic E-state index is 5.31. The summed E-state index contributed by atoms with van der Waals surface area (Å²) < 4.78 is 0. The van der Waals surface area contributed by atoms with Crippen LogP contribution < -0.4 is 21.1 Å². The molecule has 1 heterocycles. The first-order chi connectivity index (χ1) is 3.39. The number of hydrogen-bond donors (Lipinski definition) is 4. The van der Waals surface area contributed by atoms with Crippen LogP contribution in [0.25, 0.3) is 0 Å². The zero-order valence-corrected chi connectivity index (χ0v) is 3.81.